The summed E-state index contributed by atoms with van der Waals surface area (Å²) in [6, 6.07) is 0. The van der Waals surface area contributed by atoms with Gasteiger partial charge in [-0.25, -0.2) is 0 Å². The summed E-state index contributed by atoms with van der Waals surface area (Å²) in [4.78, 5) is 11.4. The Hall–Kier alpha value is -0.180. The molecule has 3 heteroatoms. The Morgan fingerprint density at radius 3 is 2.58 bits per heavy atom. The van der Waals surface area contributed by atoms with E-state index in [1.54, 1.807) is 11.9 Å². The van der Waals surface area contributed by atoms with Crippen molar-refractivity contribution < 1.29 is 4.79 Å². The summed E-state index contributed by atoms with van der Waals surface area (Å²) < 4.78 is 3.32. The van der Waals surface area contributed by atoms with Crippen LogP contribution in [0.3, 0.4) is 0 Å². The lowest BCUT2D eigenvalue weighted by molar-refractivity contribution is -0.120. The first-order valence-corrected chi connectivity index (χ1v) is 5.40. The van der Waals surface area contributed by atoms with Crippen molar-refractivity contribution >= 4 is 17.9 Å². The molecule has 0 spiro atoms. The van der Waals surface area contributed by atoms with E-state index in [0.29, 0.717) is 16.6 Å². The zero-order chi connectivity index (χ0) is 8.77. The fourth-order valence-corrected chi connectivity index (χ4v) is 2.02. The molecule has 1 N–H and O–H groups in total. The van der Waals surface area contributed by atoms with Gasteiger partial charge in [0.2, 0.25) is 5.91 Å². The maximum absolute atomic E-state index is 11.4. The van der Waals surface area contributed by atoms with Crippen LogP contribution in [0.4, 0.5) is 0 Å². The molecule has 1 amide bonds. The third kappa shape index (κ3) is 1.76. The lowest BCUT2D eigenvalue weighted by atomic mass is 10.3. The Morgan fingerprint density at radius 2 is 2.17 bits per heavy atom. The van der Waals surface area contributed by atoms with Crippen LogP contribution in [0.2, 0.25) is 0 Å². The van der Waals surface area contributed by atoms with Crippen molar-refractivity contribution in [3.63, 3.8) is 0 Å². The topological polar surface area (TPSA) is 29.1 Å². The van der Waals surface area contributed by atoms with Crippen molar-refractivity contribution in [1.82, 2.24) is 4.72 Å². The number of carbonyl (C=O) groups is 1. The van der Waals surface area contributed by atoms with E-state index in [1.807, 2.05) is 0 Å². The highest BCUT2D eigenvalue weighted by molar-refractivity contribution is 7.99. The highest BCUT2D eigenvalue weighted by atomic mass is 32.2. The van der Waals surface area contributed by atoms with Crippen LogP contribution in [0.1, 0.15) is 33.1 Å². The molecule has 0 aliphatic heterocycles. The van der Waals surface area contributed by atoms with Crippen molar-refractivity contribution in [2.45, 2.75) is 37.9 Å². The van der Waals surface area contributed by atoms with Crippen LogP contribution in [-0.2, 0) is 4.79 Å². The molecule has 0 bridgehead atoms. The monoisotopic (exact) mass is 185 g/mol. The van der Waals surface area contributed by atoms with Crippen molar-refractivity contribution in [1.29, 1.82) is 0 Å². The van der Waals surface area contributed by atoms with Crippen molar-refractivity contribution in [3.8, 4) is 0 Å². The third-order valence-electron chi connectivity index (χ3n) is 2.80. The van der Waals surface area contributed by atoms with Crippen molar-refractivity contribution in [3.05, 3.63) is 0 Å². The van der Waals surface area contributed by atoms with Gasteiger partial charge in [-0.2, -0.15) is 0 Å². The van der Waals surface area contributed by atoms with Crippen LogP contribution in [0.5, 0.6) is 0 Å². The molecular formula is C9H15NOS. The van der Waals surface area contributed by atoms with Gasteiger partial charge in [-0.05, 0) is 44.1 Å². The SMILES string of the molecule is CC1CC1C(=O)NSC1(C)CC1. The first-order valence-electron chi connectivity index (χ1n) is 4.59. The zero-order valence-corrected chi connectivity index (χ0v) is 8.41. The lowest BCUT2D eigenvalue weighted by Gasteiger charge is -2.07. The highest BCUT2D eigenvalue weighted by Gasteiger charge is 2.42. The van der Waals surface area contributed by atoms with Crippen molar-refractivity contribution in [2.75, 3.05) is 0 Å². The van der Waals surface area contributed by atoms with Crippen LogP contribution in [0, 0.1) is 11.8 Å². The van der Waals surface area contributed by atoms with E-state index in [2.05, 4.69) is 18.6 Å². The molecule has 12 heavy (non-hydrogen) atoms. The van der Waals surface area contributed by atoms with E-state index < -0.39 is 0 Å². The van der Waals surface area contributed by atoms with E-state index in [4.69, 9.17) is 0 Å². The molecule has 2 unspecified atom stereocenters. The number of hydrogen-bond acceptors (Lipinski definition) is 2. The van der Waals surface area contributed by atoms with Gasteiger partial charge in [0.05, 0.1) is 0 Å². The molecule has 0 aromatic heterocycles. The first kappa shape index (κ1) is 8.42. The van der Waals surface area contributed by atoms with Gasteiger partial charge in [0.25, 0.3) is 0 Å². The molecule has 2 aliphatic rings. The molecule has 0 radical (unpaired) electrons. The summed E-state index contributed by atoms with van der Waals surface area (Å²) in [5, 5.41) is 0. The molecule has 2 nitrogen and oxygen atoms in total. The first-order chi connectivity index (χ1) is 5.61. The van der Waals surface area contributed by atoms with Crippen LogP contribution < -0.4 is 4.72 Å². The predicted molar refractivity (Wildman–Crippen MR) is 50.6 cm³/mol. The lowest BCUT2D eigenvalue weighted by Crippen LogP contribution is -2.21. The number of amides is 1. The summed E-state index contributed by atoms with van der Waals surface area (Å²) in [6.07, 6.45) is 3.58. The van der Waals surface area contributed by atoms with E-state index in [-0.39, 0.29) is 5.91 Å². The van der Waals surface area contributed by atoms with Crippen LogP contribution >= 0.6 is 11.9 Å². The maximum Gasteiger partial charge on any atom is 0.233 e. The average Bonchev–Trinajstić information content (AvgIpc) is 2.88. The van der Waals surface area contributed by atoms with Crippen LogP contribution in [0.25, 0.3) is 0 Å². The minimum absolute atomic E-state index is 0.251. The van der Waals surface area contributed by atoms with Gasteiger partial charge in [-0.15, -0.1) is 0 Å². The second-order valence-electron chi connectivity index (χ2n) is 4.34. The third-order valence-corrected chi connectivity index (χ3v) is 4.00. The molecule has 0 saturated heterocycles. The molecule has 0 aromatic rings. The highest BCUT2D eigenvalue weighted by Crippen LogP contribution is 2.47. The average molecular weight is 185 g/mol. The standard InChI is InChI=1S/C9H15NOS/c1-6-5-7(6)8(11)10-12-9(2)3-4-9/h6-7H,3-5H2,1-2H3,(H,10,11). The molecule has 68 valence electrons. The van der Waals surface area contributed by atoms with Gasteiger partial charge in [0, 0.05) is 10.7 Å². The van der Waals surface area contributed by atoms with Gasteiger partial charge in [-0.3, -0.25) is 9.52 Å². The van der Waals surface area contributed by atoms with Gasteiger partial charge >= 0.3 is 0 Å². The fourth-order valence-electron chi connectivity index (χ4n) is 1.21. The van der Waals surface area contributed by atoms with E-state index in [1.165, 1.54) is 12.8 Å². The Labute approximate surface area is 77.6 Å². The van der Waals surface area contributed by atoms with Gasteiger partial charge < -0.3 is 0 Å². The minimum atomic E-state index is 0.251. The molecule has 0 heterocycles. The summed E-state index contributed by atoms with van der Waals surface area (Å²) >= 11 is 1.62. The molecule has 2 atom stereocenters. The van der Waals surface area contributed by atoms with Crippen molar-refractivity contribution in [2.24, 2.45) is 11.8 Å². The van der Waals surface area contributed by atoms with E-state index >= 15 is 0 Å². The number of rotatable bonds is 3. The normalized spacial score (nSPS) is 35.8. The Kier molecular flexibility index (Phi) is 1.86. The van der Waals surface area contributed by atoms with Gasteiger partial charge in [0.15, 0.2) is 0 Å². The summed E-state index contributed by atoms with van der Waals surface area (Å²) in [7, 11) is 0. The summed E-state index contributed by atoms with van der Waals surface area (Å²) in [5.41, 5.74) is 0. The zero-order valence-electron chi connectivity index (χ0n) is 7.59. The number of hydrogen-bond donors (Lipinski definition) is 1. The predicted octanol–water partition coefficient (Wildman–Crippen LogP) is 1.96. The number of nitrogens with one attached hydrogen (secondary N) is 1. The smallest absolute Gasteiger partial charge is 0.233 e. The molecular weight excluding hydrogens is 170 g/mol. The maximum atomic E-state index is 11.4. The van der Waals surface area contributed by atoms with Gasteiger partial charge in [0.1, 0.15) is 0 Å². The molecule has 2 saturated carbocycles. The second kappa shape index (κ2) is 2.66. The summed E-state index contributed by atoms with van der Waals surface area (Å²) in [6.45, 7) is 4.34. The fraction of sp³-hybridized carbons (Fsp3) is 0.889. The molecule has 2 rings (SSSR count). The van der Waals surface area contributed by atoms with Crippen LogP contribution in [-0.4, -0.2) is 10.7 Å². The number of carbonyl (C=O) groups excluding carboxylic acids is 1. The van der Waals surface area contributed by atoms with E-state index in [9.17, 15) is 4.79 Å². The Morgan fingerprint density at radius 1 is 1.58 bits per heavy atom. The quantitative estimate of drug-likeness (QED) is 0.681. The van der Waals surface area contributed by atoms with Crippen LogP contribution in [0.15, 0.2) is 0 Å². The minimum Gasteiger partial charge on any atom is -0.299 e. The largest absolute Gasteiger partial charge is 0.299 e. The Bertz CT molecular complexity index is 213. The summed E-state index contributed by atoms with van der Waals surface area (Å²) in [5.74, 6) is 1.19. The second-order valence-corrected chi connectivity index (χ2v) is 5.73. The van der Waals surface area contributed by atoms with Gasteiger partial charge in [-0.1, -0.05) is 6.92 Å². The molecule has 2 fully saturated rings. The van der Waals surface area contributed by atoms with E-state index in [0.717, 1.165) is 6.42 Å². The molecule has 2 aliphatic carbocycles. The molecule has 0 aromatic carbocycles. The Balaban J connectivity index is 1.69.